The van der Waals surface area contributed by atoms with Gasteiger partial charge in [-0.3, -0.25) is 0 Å². The molecule has 5 nitrogen and oxygen atoms in total. The van der Waals surface area contributed by atoms with E-state index in [1.165, 1.54) is 4.88 Å². The first-order valence-electron chi connectivity index (χ1n) is 7.30. The Kier molecular flexibility index (Phi) is 3.64. The minimum Gasteiger partial charge on any atom is -0.478 e. The number of thiophene rings is 1. The molecule has 6 heteroatoms. The molecule has 0 atom stereocenters. The molecule has 3 rings (SSSR count). The number of fused-ring (bicyclic) bond motifs is 1. The Balaban J connectivity index is 2.16. The average molecular weight is 317 g/mol. The van der Waals surface area contributed by atoms with Gasteiger partial charge in [0.2, 0.25) is 5.95 Å². The molecule has 0 fully saturated rings. The maximum Gasteiger partial charge on any atom is 0.337 e. The molecule has 1 aliphatic carbocycles. The van der Waals surface area contributed by atoms with Crippen LogP contribution in [0.2, 0.25) is 0 Å². The molecule has 1 aliphatic rings. The molecule has 2 heterocycles. The van der Waals surface area contributed by atoms with Crippen molar-refractivity contribution in [2.24, 2.45) is 5.41 Å². The van der Waals surface area contributed by atoms with E-state index < -0.39 is 5.97 Å². The van der Waals surface area contributed by atoms with Crippen molar-refractivity contribution in [3.8, 4) is 10.6 Å². The van der Waals surface area contributed by atoms with Gasteiger partial charge in [0, 0.05) is 18.1 Å². The van der Waals surface area contributed by atoms with Gasteiger partial charge >= 0.3 is 5.97 Å². The third kappa shape index (κ3) is 2.59. The fourth-order valence-electron chi connectivity index (χ4n) is 2.93. The minimum absolute atomic E-state index is 0.150. The molecule has 22 heavy (non-hydrogen) atoms. The molecule has 0 aliphatic heterocycles. The van der Waals surface area contributed by atoms with Gasteiger partial charge in [-0.05, 0) is 36.3 Å². The lowest BCUT2D eigenvalue weighted by molar-refractivity contribution is 0.0696. The number of aromatic carboxylic acids is 1. The van der Waals surface area contributed by atoms with Crippen LogP contribution < -0.4 is 5.32 Å². The van der Waals surface area contributed by atoms with Crippen molar-refractivity contribution in [3.63, 3.8) is 0 Å². The lowest BCUT2D eigenvalue weighted by Gasteiger charge is -2.29. The summed E-state index contributed by atoms with van der Waals surface area (Å²) >= 11 is 1.56. The monoisotopic (exact) mass is 317 g/mol. The summed E-state index contributed by atoms with van der Waals surface area (Å²) in [5.74, 6) is -0.365. The lowest BCUT2D eigenvalue weighted by Crippen LogP contribution is -2.22. The summed E-state index contributed by atoms with van der Waals surface area (Å²) in [6.07, 6.45) is 4.49. The molecular weight excluding hydrogens is 298 g/mol. The standard InChI is InChI=1S/C16H19N3O2S/c1-16(2)6-4-11-9(8-16)12(14(20)21)13(22-11)10-5-7-18-15(17-3)19-10/h5,7H,4,6,8H2,1-3H3,(H,20,21)(H,17,18,19). The van der Waals surface area contributed by atoms with Gasteiger partial charge in [0.05, 0.1) is 16.1 Å². The first-order valence-corrected chi connectivity index (χ1v) is 8.12. The number of anilines is 1. The highest BCUT2D eigenvalue weighted by molar-refractivity contribution is 7.16. The number of aryl methyl sites for hydroxylation is 1. The molecule has 2 aromatic heterocycles. The number of hydrogen-bond acceptors (Lipinski definition) is 5. The van der Waals surface area contributed by atoms with Gasteiger partial charge in [-0.25, -0.2) is 14.8 Å². The average Bonchev–Trinajstić information content (AvgIpc) is 2.84. The maximum absolute atomic E-state index is 11.8. The Hall–Kier alpha value is -1.95. The Labute approximate surface area is 133 Å². The number of nitrogens with zero attached hydrogens (tertiary/aromatic N) is 2. The van der Waals surface area contributed by atoms with E-state index in [1.807, 2.05) is 0 Å². The van der Waals surface area contributed by atoms with Crippen LogP contribution in [0.15, 0.2) is 12.3 Å². The van der Waals surface area contributed by atoms with Crippen molar-refractivity contribution >= 4 is 23.3 Å². The van der Waals surface area contributed by atoms with Gasteiger partial charge in [-0.1, -0.05) is 13.8 Å². The molecule has 0 unspecified atom stereocenters. The Morgan fingerprint density at radius 2 is 2.23 bits per heavy atom. The van der Waals surface area contributed by atoms with Gasteiger partial charge in [-0.2, -0.15) is 0 Å². The number of carbonyl (C=O) groups is 1. The van der Waals surface area contributed by atoms with Crippen LogP contribution >= 0.6 is 11.3 Å². The van der Waals surface area contributed by atoms with E-state index in [0.717, 1.165) is 29.7 Å². The second-order valence-electron chi connectivity index (χ2n) is 6.37. The zero-order chi connectivity index (χ0) is 15.9. The van der Waals surface area contributed by atoms with Crippen LogP contribution in [0.1, 0.15) is 41.1 Å². The first kappa shape index (κ1) is 15.0. The van der Waals surface area contributed by atoms with E-state index in [-0.39, 0.29) is 5.41 Å². The summed E-state index contributed by atoms with van der Waals surface area (Å²) in [7, 11) is 1.75. The van der Waals surface area contributed by atoms with Gasteiger partial charge in [0.25, 0.3) is 0 Å². The number of aromatic nitrogens is 2. The van der Waals surface area contributed by atoms with Crippen molar-refractivity contribution in [2.75, 3.05) is 12.4 Å². The smallest absolute Gasteiger partial charge is 0.337 e. The molecule has 116 valence electrons. The molecule has 2 N–H and O–H groups in total. The Morgan fingerprint density at radius 1 is 1.45 bits per heavy atom. The molecule has 0 bridgehead atoms. The van der Waals surface area contributed by atoms with Crippen molar-refractivity contribution in [3.05, 3.63) is 28.3 Å². The highest BCUT2D eigenvalue weighted by atomic mass is 32.1. The quantitative estimate of drug-likeness (QED) is 0.906. The van der Waals surface area contributed by atoms with E-state index in [4.69, 9.17) is 0 Å². The Bertz CT molecular complexity index is 737. The molecule has 0 radical (unpaired) electrons. The SMILES string of the molecule is CNc1nccc(-c2sc3c(c2C(=O)O)CC(C)(C)CC3)n1. The van der Waals surface area contributed by atoms with Crippen LogP contribution in [0.25, 0.3) is 10.6 Å². The topological polar surface area (TPSA) is 75.1 Å². The molecule has 0 amide bonds. The van der Waals surface area contributed by atoms with Crippen LogP contribution in [-0.2, 0) is 12.8 Å². The largest absolute Gasteiger partial charge is 0.478 e. The summed E-state index contributed by atoms with van der Waals surface area (Å²) in [4.78, 5) is 22.3. The van der Waals surface area contributed by atoms with E-state index in [9.17, 15) is 9.90 Å². The fraction of sp³-hybridized carbons (Fsp3) is 0.438. The van der Waals surface area contributed by atoms with Gasteiger partial charge in [0.1, 0.15) is 0 Å². The van der Waals surface area contributed by atoms with Crippen LogP contribution in [0, 0.1) is 5.41 Å². The number of carboxylic acids is 1. The highest BCUT2D eigenvalue weighted by Crippen LogP contribution is 2.44. The molecule has 0 saturated heterocycles. The first-order chi connectivity index (χ1) is 10.4. The van der Waals surface area contributed by atoms with Crippen molar-refractivity contribution < 1.29 is 9.90 Å². The lowest BCUT2D eigenvalue weighted by atomic mass is 9.76. The van der Waals surface area contributed by atoms with Crippen molar-refractivity contribution in [2.45, 2.75) is 33.1 Å². The van der Waals surface area contributed by atoms with Crippen LogP contribution in [0.5, 0.6) is 0 Å². The van der Waals surface area contributed by atoms with Crippen LogP contribution in [0.4, 0.5) is 5.95 Å². The van der Waals surface area contributed by atoms with Gasteiger partial charge in [0.15, 0.2) is 0 Å². The van der Waals surface area contributed by atoms with E-state index in [0.29, 0.717) is 17.2 Å². The van der Waals surface area contributed by atoms with Gasteiger partial charge < -0.3 is 10.4 Å². The summed E-state index contributed by atoms with van der Waals surface area (Å²) in [6, 6.07) is 1.77. The van der Waals surface area contributed by atoms with Crippen molar-refractivity contribution in [1.29, 1.82) is 0 Å². The fourth-order valence-corrected chi connectivity index (χ4v) is 4.21. The molecular formula is C16H19N3O2S. The zero-order valence-corrected chi connectivity index (χ0v) is 13.8. The van der Waals surface area contributed by atoms with Crippen molar-refractivity contribution in [1.82, 2.24) is 9.97 Å². The van der Waals surface area contributed by atoms with Crippen LogP contribution in [-0.4, -0.2) is 28.1 Å². The number of hydrogen-bond donors (Lipinski definition) is 2. The summed E-state index contributed by atoms with van der Waals surface area (Å²) in [6.45, 7) is 4.39. The molecule has 2 aromatic rings. The summed E-state index contributed by atoms with van der Waals surface area (Å²) < 4.78 is 0. The number of rotatable bonds is 3. The number of carboxylic acid groups (broad SMARTS) is 1. The summed E-state index contributed by atoms with van der Waals surface area (Å²) in [5, 5.41) is 12.6. The normalized spacial score (nSPS) is 16.1. The molecule has 0 spiro atoms. The van der Waals surface area contributed by atoms with E-state index in [2.05, 4.69) is 29.1 Å². The molecule has 0 aromatic carbocycles. The zero-order valence-electron chi connectivity index (χ0n) is 12.9. The second kappa shape index (κ2) is 5.35. The third-order valence-electron chi connectivity index (χ3n) is 4.10. The number of nitrogens with one attached hydrogen (secondary N) is 1. The summed E-state index contributed by atoms with van der Waals surface area (Å²) in [5.41, 5.74) is 2.24. The minimum atomic E-state index is -0.866. The second-order valence-corrected chi connectivity index (χ2v) is 7.47. The predicted molar refractivity (Wildman–Crippen MR) is 87.7 cm³/mol. The Morgan fingerprint density at radius 3 is 2.91 bits per heavy atom. The maximum atomic E-state index is 11.8. The highest BCUT2D eigenvalue weighted by Gasteiger charge is 2.33. The predicted octanol–water partition coefficient (Wildman–Crippen LogP) is 3.46. The van der Waals surface area contributed by atoms with Gasteiger partial charge in [-0.15, -0.1) is 11.3 Å². The van der Waals surface area contributed by atoms with E-state index in [1.54, 1.807) is 30.6 Å². The van der Waals surface area contributed by atoms with Crippen LogP contribution in [0.3, 0.4) is 0 Å². The third-order valence-corrected chi connectivity index (χ3v) is 5.41. The molecule has 0 saturated carbocycles. The van der Waals surface area contributed by atoms with E-state index >= 15 is 0 Å².